The first kappa shape index (κ1) is 20.9. The lowest BCUT2D eigenvalue weighted by Crippen LogP contribution is -2.36. The molecule has 1 aliphatic rings. The summed E-state index contributed by atoms with van der Waals surface area (Å²) < 4.78 is 5.39. The van der Waals surface area contributed by atoms with E-state index in [4.69, 9.17) is 16.3 Å². The summed E-state index contributed by atoms with van der Waals surface area (Å²) >= 11 is 7.73. The van der Waals surface area contributed by atoms with Crippen LogP contribution in [0.2, 0.25) is 5.15 Å². The number of morpholine rings is 1. The number of carbonyl (C=O) groups is 1. The number of nitrogens with zero attached hydrogens (tertiary/aromatic N) is 4. The predicted octanol–water partition coefficient (Wildman–Crippen LogP) is 3.74. The van der Waals surface area contributed by atoms with Crippen molar-refractivity contribution in [1.82, 2.24) is 14.9 Å². The molecule has 0 spiro atoms. The maximum absolute atomic E-state index is 12.4. The number of benzene rings is 1. The summed E-state index contributed by atoms with van der Waals surface area (Å²) in [5, 5.41) is 1.09. The largest absolute Gasteiger partial charge is 0.378 e. The van der Waals surface area contributed by atoms with Gasteiger partial charge in [-0.2, -0.15) is 0 Å². The summed E-state index contributed by atoms with van der Waals surface area (Å²) in [6.07, 6.45) is 0. The van der Waals surface area contributed by atoms with Crippen LogP contribution in [-0.2, 0) is 10.5 Å². The van der Waals surface area contributed by atoms with Gasteiger partial charge >= 0.3 is 0 Å². The fraction of sp³-hybridized carbons (Fsp3) is 0.450. The van der Waals surface area contributed by atoms with Gasteiger partial charge in [0, 0.05) is 43.6 Å². The van der Waals surface area contributed by atoms with Gasteiger partial charge in [0.25, 0.3) is 5.91 Å². The zero-order valence-corrected chi connectivity index (χ0v) is 17.8. The van der Waals surface area contributed by atoms with E-state index in [1.807, 2.05) is 43.0 Å². The second-order valence-corrected chi connectivity index (χ2v) is 7.72. The highest BCUT2D eigenvalue weighted by Crippen LogP contribution is 2.25. The van der Waals surface area contributed by atoms with E-state index in [0.717, 1.165) is 24.5 Å². The molecule has 6 nitrogen and oxygen atoms in total. The predicted molar refractivity (Wildman–Crippen MR) is 113 cm³/mol. The molecular weight excluding hydrogens is 396 g/mol. The average Bonchev–Trinajstić information content (AvgIpc) is 2.73. The van der Waals surface area contributed by atoms with Crippen LogP contribution in [0, 0.1) is 0 Å². The number of amides is 1. The topological polar surface area (TPSA) is 58.6 Å². The zero-order valence-electron chi connectivity index (χ0n) is 16.2. The van der Waals surface area contributed by atoms with Crippen molar-refractivity contribution >= 4 is 35.1 Å². The number of carbonyl (C=O) groups excluding carboxylic acids is 1. The van der Waals surface area contributed by atoms with Crippen molar-refractivity contribution in [1.29, 1.82) is 0 Å². The Morgan fingerprint density at radius 1 is 1.18 bits per heavy atom. The van der Waals surface area contributed by atoms with Gasteiger partial charge in [-0.25, -0.2) is 9.97 Å². The summed E-state index contributed by atoms with van der Waals surface area (Å²) in [5.41, 5.74) is 1.82. The molecule has 1 aliphatic heterocycles. The SMILES string of the molecule is CCN(CC)C(=O)c1ccc(CSc2nc(Cl)cc(N3CCOCC3)n2)cc1. The number of ether oxygens (including phenoxy) is 1. The van der Waals surface area contributed by atoms with Crippen molar-refractivity contribution in [2.45, 2.75) is 24.8 Å². The van der Waals surface area contributed by atoms with E-state index in [2.05, 4.69) is 14.9 Å². The molecule has 1 aromatic heterocycles. The molecular formula is C20H25ClN4O2S. The lowest BCUT2D eigenvalue weighted by atomic mass is 10.1. The second-order valence-electron chi connectivity index (χ2n) is 6.39. The monoisotopic (exact) mass is 420 g/mol. The molecule has 1 saturated heterocycles. The lowest BCUT2D eigenvalue weighted by Gasteiger charge is -2.27. The highest BCUT2D eigenvalue weighted by molar-refractivity contribution is 7.98. The summed E-state index contributed by atoms with van der Waals surface area (Å²) in [6, 6.07) is 9.53. The molecule has 8 heteroatoms. The van der Waals surface area contributed by atoms with Gasteiger partial charge < -0.3 is 14.5 Å². The fourth-order valence-corrected chi connectivity index (χ4v) is 4.03. The molecule has 0 unspecified atom stereocenters. The Labute approximate surface area is 175 Å². The summed E-state index contributed by atoms with van der Waals surface area (Å²) in [7, 11) is 0. The van der Waals surface area contributed by atoms with E-state index in [9.17, 15) is 4.79 Å². The van der Waals surface area contributed by atoms with E-state index in [1.54, 1.807) is 6.07 Å². The van der Waals surface area contributed by atoms with Crippen molar-refractivity contribution in [3.8, 4) is 0 Å². The first-order valence-corrected chi connectivity index (χ1v) is 10.8. The maximum Gasteiger partial charge on any atom is 0.253 e. The highest BCUT2D eigenvalue weighted by atomic mass is 35.5. The van der Waals surface area contributed by atoms with Crippen LogP contribution in [0.5, 0.6) is 0 Å². The molecule has 0 saturated carbocycles. The number of thioether (sulfide) groups is 1. The van der Waals surface area contributed by atoms with Crippen molar-refractivity contribution < 1.29 is 9.53 Å². The molecule has 150 valence electrons. The van der Waals surface area contributed by atoms with E-state index in [1.165, 1.54) is 11.8 Å². The number of hydrogen-bond donors (Lipinski definition) is 0. The Balaban J connectivity index is 1.64. The van der Waals surface area contributed by atoms with Crippen molar-refractivity contribution in [3.63, 3.8) is 0 Å². The molecule has 0 bridgehead atoms. The van der Waals surface area contributed by atoms with E-state index < -0.39 is 0 Å². The second kappa shape index (κ2) is 10.1. The molecule has 2 heterocycles. The van der Waals surface area contributed by atoms with Crippen LogP contribution in [0.1, 0.15) is 29.8 Å². The number of anilines is 1. The number of aromatic nitrogens is 2. The molecule has 1 aromatic carbocycles. The first-order valence-electron chi connectivity index (χ1n) is 9.49. The van der Waals surface area contributed by atoms with Crippen molar-refractivity contribution in [2.24, 2.45) is 0 Å². The quantitative estimate of drug-likeness (QED) is 0.386. The maximum atomic E-state index is 12.4. The van der Waals surface area contributed by atoms with Gasteiger partial charge in [0.1, 0.15) is 11.0 Å². The third kappa shape index (κ3) is 5.37. The van der Waals surface area contributed by atoms with Gasteiger partial charge in [0.15, 0.2) is 5.16 Å². The van der Waals surface area contributed by atoms with Crippen LogP contribution in [-0.4, -0.2) is 60.2 Å². The number of hydrogen-bond acceptors (Lipinski definition) is 6. The van der Waals surface area contributed by atoms with Crippen LogP contribution in [0.3, 0.4) is 0 Å². The fourth-order valence-electron chi connectivity index (χ4n) is 2.99. The van der Waals surface area contributed by atoms with Gasteiger partial charge in [-0.1, -0.05) is 35.5 Å². The van der Waals surface area contributed by atoms with Gasteiger partial charge in [0.2, 0.25) is 0 Å². The molecule has 2 aromatic rings. The molecule has 0 aliphatic carbocycles. The average molecular weight is 421 g/mol. The van der Waals surface area contributed by atoms with Gasteiger partial charge in [-0.3, -0.25) is 4.79 Å². The molecule has 28 heavy (non-hydrogen) atoms. The molecule has 0 radical (unpaired) electrons. The molecule has 0 N–H and O–H groups in total. The van der Waals surface area contributed by atoms with E-state index >= 15 is 0 Å². The van der Waals surface area contributed by atoms with Crippen LogP contribution >= 0.6 is 23.4 Å². The number of rotatable bonds is 7. The Hall–Kier alpha value is -1.83. The zero-order chi connectivity index (χ0) is 19.9. The molecule has 1 amide bonds. The van der Waals surface area contributed by atoms with Crippen LogP contribution < -0.4 is 4.90 Å². The summed E-state index contributed by atoms with van der Waals surface area (Å²) in [6.45, 7) is 8.41. The molecule has 1 fully saturated rings. The third-order valence-corrected chi connectivity index (χ3v) is 5.73. The Kier molecular flexibility index (Phi) is 7.53. The normalized spacial score (nSPS) is 14.2. The Bertz CT molecular complexity index is 793. The minimum atomic E-state index is 0.0672. The Morgan fingerprint density at radius 3 is 2.50 bits per heavy atom. The molecule has 3 rings (SSSR count). The van der Waals surface area contributed by atoms with Crippen LogP contribution in [0.4, 0.5) is 5.82 Å². The Morgan fingerprint density at radius 2 is 1.86 bits per heavy atom. The summed E-state index contributed by atoms with van der Waals surface area (Å²) in [5.74, 6) is 1.62. The van der Waals surface area contributed by atoms with E-state index in [-0.39, 0.29) is 5.91 Å². The first-order chi connectivity index (χ1) is 13.6. The minimum Gasteiger partial charge on any atom is -0.378 e. The van der Waals surface area contributed by atoms with Crippen LogP contribution in [0.25, 0.3) is 0 Å². The minimum absolute atomic E-state index is 0.0672. The molecule has 0 atom stereocenters. The van der Waals surface area contributed by atoms with Crippen LogP contribution in [0.15, 0.2) is 35.5 Å². The van der Waals surface area contributed by atoms with Crippen molar-refractivity contribution in [3.05, 3.63) is 46.6 Å². The van der Waals surface area contributed by atoms with Gasteiger partial charge in [-0.15, -0.1) is 0 Å². The van der Waals surface area contributed by atoms with Crippen molar-refractivity contribution in [2.75, 3.05) is 44.3 Å². The third-order valence-electron chi connectivity index (χ3n) is 4.62. The number of halogens is 1. The smallest absolute Gasteiger partial charge is 0.253 e. The summed E-state index contributed by atoms with van der Waals surface area (Å²) in [4.78, 5) is 25.3. The lowest BCUT2D eigenvalue weighted by molar-refractivity contribution is 0.0773. The standard InChI is InChI=1S/C20H25ClN4O2S/c1-3-24(4-2)19(26)16-7-5-15(6-8-16)14-28-20-22-17(21)13-18(23-20)25-9-11-27-12-10-25/h5-8,13H,3-4,9-12,14H2,1-2H3. The van der Waals surface area contributed by atoms with Gasteiger partial charge in [0.05, 0.1) is 13.2 Å². The highest BCUT2D eigenvalue weighted by Gasteiger charge is 2.15. The van der Waals surface area contributed by atoms with Gasteiger partial charge in [-0.05, 0) is 31.5 Å². The van der Waals surface area contributed by atoms with E-state index in [0.29, 0.717) is 47.9 Å².